The van der Waals surface area contributed by atoms with Crippen molar-refractivity contribution in [2.45, 2.75) is 31.9 Å². The fraction of sp³-hybridized carbons (Fsp3) is 0.421. The van der Waals surface area contributed by atoms with Crippen LogP contribution in [0.15, 0.2) is 34.9 Å². The molecule has 2 N–H and O–H groups in total. The Labute approximate surface area is 162 Å². The summed E-state index contributed by atoms with van der Waals surface area (Å²) in [5.41, 5.74) is 1.88. The summed E-state index contributed by atoms with van der Waals surface area (Å²) in [4.78, 5) is 26.8. The summed E-state index contributed by atoms with van der Waals surface area (Å²) < 4.78 is 4.92. The lowest BCUT2D eigenvalue weighted by Crippen LogP contribution is -2.25. The number of aryl methyl sites for hydroxylation is 1. The van der Waals surface area contributed by atoms with Crippen molar-refractivity contribution in [3.63, 3.8) is 0 Å². The molecule has 1 aromatic heterocycles. The molecule has 1 aromatic carbocycles. The summed E-state index contributed by atoms with van der Waals surface area (Å²) in [5, 5.41) is 9.00. The number of rotatable bonds is 7. The van der Waals surface area contributed by atoms with Gasteiger partial charge >= 0.3 is 0 Å². The molecule has 2 aromatic rings. The molecule has 144 valence electrons. The average molecular weight is 388 g/mol. The fourth-order valence-electron chi connectivity index (χ4n) is 2.93. The number of amides is 2. The second kappa shape index (κ2) is 8.94. The van der Waals surface area contributed by atoms with Gasteiger partial charge in [-0.1, -0.05) is 17.3 Å². The van der Waals surface area contributed by atoms with E-state index in [1.54, 1.807) is 19.9 Å². The van der Waals surface area contributed by atoms with Gasteiger partial charge in [-0.25, -0.2) is 0 Å². The molecule has 0 saturated carbocycles. The maximum atomic E-state index is 12.4. The number of nitrogens with zero attached hydrogens (tertiary/aromatic N) is 2. The first kappa shape index (κ1) is 19.3. The van der Waals surface area contributed by atoms with Crippen LogP contribution in [0.2, 0.25) is 0 Å². The van der Waals surface area contributed by atoms with Crippen molar-refractivity contribution >= 4 is 40.8 Å². The van der Waals surface area contributed by atoms with Gasteiger partial charge in [-0.05, 0) is 38.8 Å². The maximum Gasteiger partial charge on any atom is 0.238 e. The molecular weight excluding hydrogens is 364 g/mol. The average Bonchev–Trinajstić information content (AvgIpc) is 3.32. The summed E-state index contributed by atoms with van der Waals surface area (Å²) in [7, 11) is 0. The van der Waals surface area contributed by atoms with E-state index in [1.807, 2.05) is 24.3 Å². The predicted molar refractivity (Wildman–Crippen MR) is 108 cm³/mol. The number of carbonyl (C=O) groups is 2. The van der Waals surface area contributed by atoms with Crippen molar-refractivity contribution in [1.82, 2.24) is 5.16 Å². The van der Waals surface area contributed by atoms with E-state index in [0.717, 1.165) is 24.5 Å². The Morgan fingerprint density at radius 1 is 1.26 bits per heavy atom. The standard InChI is InChI=1S/C19H24N4O3S/c1-13-11-17(22-26-13)21-19(25)14(2)27-12-18(24)20-15-7-3-4-8-16(15)23-9-5-6-10-23/h3-4,7-8,11,14H,5-6,9-10,12H2,1-2H3,(H,20,24)(H,21,22,25)/t14-/m1/s1. The number of hydrogen-bond donors (Lipinski definition) is 2. The van der Waals surface area contributed by atoms with Gasteiger partial charge in [-0.3, -0.25) is 9.59 Å². The van der Waals surface area contributed by atoms with Crippen LogP contribution in [0.3, 0.4) is 0 Å². The fourth-order valence-corrected chi connectivity index (χ4v) is 3.61. The van der Waals surface area contributed by atoms with Gasteiger partial charge < -0.3 is 20.1 Å². The summed E-state index contributed by atoms with van der Waals surface area (Å²) in [6.45, 7) is 5.55. The number of para-hydroxylation sites is 2. The first-order valence-electron chi connectivity index (χ1n) is 9.02. The molecule has 0 radical (unpaired) electrons. The van der Waals surface area contributed by atoms with Crippen molar-refractivity contribution in [3.8, 4) is 0 Å². The zero-order valence-electron chi connectivity index (χ0n) is 15.5. The van der Waals surface area contributed by atoms with E-state index >= 15 is 0 Å². The second-order valence-electron chi connectivity index (χ2n) is 6.52. The largest absolute Gasteiger partial charge is 0.370 e. The molecule has 27 heavy (non-hydrogen) atoms. The lowest BCUT2D eigenvalue weighted by atomic mass is 10.2. The molecule has 1 aliphatic rings. The van der Waals surface area contributed by atoms with E-state index < -0.39 is 0 Å². The Bertz CT molecular complexity index is 802. The van der Waals surface area contributed by atoms with Gasteiger partial charge in [0, 0.05) is 19.2 Å². The molecule has 0 aliphatic carbocycles. The zero-order chi connectivity index (χ0) is 19.2. The molecular formula is C19H24N4O3S. The minimum atomic E-state index is -0.387. The lowest BCUT2D eigenvalue weighted by Gasteiger charge is -2.21. The summed E-state index contributed by atoms with van der Waals surface area (Å²) in [6.07, 6.45) is 2.35. The van der Waals surface area contributed by atoms with Crippen LogP contribution >= 0.6 is 11.8 Å². The SMILES string of the molecule is Cc1cc(NC(=O)[C@@H](C)SCC(=O)Nc2ccccc2N2CCCC2)no1. The third-order valence-electron chi connectivity index (χ3n) is 4.34. The predicted octanol–water partition coefficient (Wildman–Crippen LogP) is 3.28. The molecule has 7 nitrogen and oxygen atoms in total. The number of thioether (sulfide) groups is 1. The second-order valence-corrected chi connectivity index (χ2v) is 7.85. The number of nitrogens with one attached hydrogen (secondary N) is 2. The van der Waals surface area contributed by atoms with E-state index in [9.17, 15) is 9.59 Å². The molecule has 1 fully saturated rings. The van der Waals surface area contributed by atoms with Gasteiger partial charge in [0.2, 0.25) is 11.8 Å². The topological polar surface area (TPSA) is 87.5 Å². The molecule has 2 amide bonds. The highest BCUT2D eigenvalue weighted by Gasteiger charge is 2.19. The van der Waals surface area contributed by atoms with Gasteiger partial charge in [-0.2, -0.15) is 0 Å². The monoisotopic (exact) mass is 388 g/mol. The van der Waals surface area contributed by atoms with Crippen LogP contribution in [0.1, 0.15) is 25.5 Å². The third kappa shape index (κ3) is 5.26. The molecule has 0 unspecified atom stereocenters. The molecule has 8 heteroatoms. The zero-order valence-corrected chi connectivity index (χ0v) is 16.3. The summed E-state index contributed by atoms with van der Waals surface area (Å²) in [5.74, 6) is 0.874. The Balaban J connectivity index is 1.50. The van der Waals surface area contributed by atoms with Crippen molar-refractivity contribution < 1.29 is 14.1 Å². The number of hydrogen-bond acceptors (Lipinski definition) is 6. The Kier molecular flexibility index (Phi) is 6.39. The molecule has 1 saturated heterocycles. The molecule has 0 bridgehead atoms. The van der Waals surface area contributed by atoms with E-state index in [1.165, 1.54) is 24.6 Å². The van der Waals surface area contributed by atoms with Crippen LogP contribution in [-0.2, 0) is 9.59 Å². The van der Waals surface area contributed by atoms with E-state index in [0.29, 0.717) is 11.6 Å². The van der Waals surface area contributed by atoms with E-state index in [4.69, 9.17) is 4.52 Å². The van der Waals surface area contributed by atoms with Crippen LogP contribution in [0.5, 0.6) is 0 Å². The van der Waals surface area contributed by atoms with Gasteiger partial charge in [0.25, 0.3) is 0 Å². The Morgan fingerprint density at radius 2 is 2.00 bits per heavy atom. The van der Waals surface area contributed by atoms with Crippen molar-refractivity contribution in [3.05, 3.63) is 36.1 Å². The van der Waals surface area contributed by atoms with Crippen LogP contribution in [0.4, 0.5) is 17.2 Å². The number of carbonyl (C=O) groups excluding carboxylic acids is 2. The number of benzene rings is 1. The van der Waals surface area contributed by atoms with Gasteiger partial charge in [0.1, 0.15) is 5.76 Å². The minimum absolute atomic E-state index is 0.122. The highest BCUT2D eigenvalue weighted by atomic mass is 32.2. The number of anilines is 3. The first-order chi connectivity index (χ1) is 13.0. The van der Waals surface area contributed by atoms with E-state index in [2.05, 4.69) is 20.7 Å². The molecule has 0 spiro atoms. The van der Waals surface area contributed by atoms with Crippen LogP contribution in [-0.4, -0.2) is 41.1 Å². The molecule has 3 rings (SSSR count). The number of aromatic nitrogens is 1. The Morgan fingerprint density at radius 3 is 2.70 bits per heavy atom. The van der Waals surface area contributed by atoms with Crippen LogP contribution in [0, 0.1) is 6.92 Å². The normalized spacial score (nSPS) is 14.8. The first-order valence-corrected chi connectivity index (χ1v) is 10.1. The van der Waals surface area contributed by atoms with Gasteiger partial charge in [0.05, 0.1) is 22.4 Å². The minimum Gasteiger partial charge on any atom is -0.370 e. The highest BCUT2D eigenvalue weighted by Crippen LogP contribution is 2.28. The van der Waals surface area contributed by atoms with Crippen LogP contribution < -0.4 is 15.5 Å². The highest BCUT2D eigenvalue weighted by molar-refractivity contribution is 8.01. The Hall–Kier alpha value is -2.48. The van der Waals surface area contributed by atoms with Crippen LogP contribution in [0.25, 0.3) is 0 Å². The van der Waals surface area contributed by atoms with Gasteiger partial charge in [0.15, 0.2) is 5.82 Å². The lowest BCUT2D eigenvalue weighted by molar-refractivity contribution is -0.115. The summed E-state index contributed by atoms with van der Waals surface area (Å²) in [6, 6.07) is 9.50. The van der Waals surface area contributed by atoms with Crippen molar-refractivity contribution in [2.24, 2.45) is 0 Å². The molecule has 2 heterocycles. The quantitative estimate of drug-likeness (QED) is 0.757. The smallest absolute Gasteiger partial charge is 0.238 e. The van der Waals surface area contributed by atoms with Crippen molar-refractivity contribution in [1.29, 1.82) is 0 Å². The summed E-state index contributed by atoms with van der Waals surface area (Å²) >= 11 is 1.28. The van der Waals surface area contributed by atoms with Gasteiger partial charge in [-0.15, -0.1) is 11.8 Å². The van der Waals surface area contributed by atoms with Crippen molar-refractivity contribution in [2.75, 3.05) is 34.4 Å². The van der Waals surface area contributed by atoms with E-state index in [-0.39, 0.29) is 22.8 Å². The molecule has 1 aliphatic heterocycles. The third-order valence-corrected chi connectivity index (χ3v) is 5.48. The molecule has 1 atom stereocenters. The maximum absolute atomic E-state index is 12.4.